The number of fused-ring (bicyclic) bond motifs is 1. The predicted molar refractivity (Wildman–Crippen MR) is 108 cm³/mol. The normalized spacial score (nSPS) is 12.8. The molecule has 136 valence electrons. The van der Waals surface area contributed by atoms with E-state index < -0.39 is 10.0 Å². The summed E-state index contributed by atoms with van der Waals surface area (Å²) in [7, 11) is 0.162. The Morgan fingerprint density at radius 3 is 2.15 bits per heavy atom. The fraction of sp³-hybridized carbons (Fsp3) is 0.200. The summed E-state index contributed by atoms with van der Waals surface area (Å²) in [5, 5.41) is 1.59. The highest BCUT2D eigenvalue weighted by Gasteiger charge is 2.18. The van der Waals surface area contributed by atoms with Crippen molar-refractivity contribution in [2.24, 2.45) is 5.73 Å². The van der Waals surface area contributed by atoms with Crippen LogP contribution in [-0.4, -0.2) is 22.5 Å². The van der Waals surface area contributed by atoms with Gasteiger partial charge >= 0.3 is 0 Å². The summed E-state index contributed by atoms with van der Waals surface area (Å²) in [4.78, 5) is 2.23. The third-order valence-electron chi connectivity index (χ3n) is 4.32. The molecule has 0 saturated carbocycles. The highest BCUT2D eigenvalue weighted by Crippen LogP contribution is 2.31. The molecule has 0 spiro atoms. The first-order chi connectivity index (χ1) is 12.3. The van der Waals surface area contributed by atoms with E-state index in [0.29, 0.717) is 11.1 Å². The van der Waals surface area contributed by atoms with Crippen LogP contribution >= 0.6 is 0 Å². The molecule has 26 heavy (non-hydrogen) atoms. The minimum Gasteiger partial charge on any atom is -0.377 e. The van der Waals surface area contributed by atoms with Gasteiger partial charge in [0.15, 0.2) is 0 Å². The van der Waals surface area contributed by atoms with Gasteiger partial charge in [-0.1, -0.05) is 36.4 Å². The number of hydrogen-bond acceptors (Lipinski definition) is 4. The average molecular weight is 369 g/mol. The second kappa shape index (κ2) is 6.97. The Kier molecular flexibility index (Phi) is 4.89. The number of sulfonamides is 1. The molecule has 0 bridgehead atoms. The molecule has 0 aromatic heterocycles. The quantitative estimate of drug-likeness (QED) is 0.719. The zero-order valence-electron chi connectivity index (χ0n) is 15.1. The van der Waals surface area contributed by atoms with Gasteiger partial charge in [-0.25, -0.2) is 8.42 Å². The molecule has 3 aromatic rings. The van der Waals surface area contributed by atoms with Crippen LogP contribution in [-0.2, 0) is 10.0 Å². The minimum absolute atomic E-state index is 0.0943. The Hall–Kier alpha value is -2.57. The molecule has 1 atom stereocenters. The molecule has 0 heterocycles. The summed E-state index contributed by atoms with van der Waals surface area (Å²) < 4.78 is 28.6. The van der Waals surface area contributed by atoms with E-state index in [1.165, 1.54) is 0 Å². The number of nitrogens with two attached hydrogens (primary N) is 1. The summed E-state index contributed by atoms with van der Waals surface area (Å²) in [5.41, 5.74) is 8.28. The van der Waals surface area contributed by atoms with Crippen LogP contribution in [0.3, 0.4) is 0 Å². The Morgan fingerprint density at radius 2 is 1.54 bits per heavy atom. The van der Waals surface area contributed by atoms with Crippen molar-refractivity contribution in [2.45, 2.75) is 17.9 Å². The maximum Gasteiger partial charge on any atom is 0.262 e. The fourth-order valence-corrected chi connectivity index (χ4v) is 4.24. The summed E-state index contributed by atoms with van der Waals surface area (Å²) in [6, 6.07) is 18.0. The van der Waals surface area contributed by atoms with Crippen molar-refractivity contribution in [3.05, 3.63) is 66.2 Å². The van der Waals surface area contributed by atoms with Gasteiger partial charge < -0.3 is 10.6 Å². The summed E-state index contributed by atoms with van der Waals surface area (Å²) in [5.74, 6) is 0. The standard InChI is InChI=1S/C20H23N3O2S/c1-14(21)15-10-12-16(13-11-15)22-26(24,25)20-9-5-6-17-18(20)7-4-8-19(17)23(2)3/h4-14,22H,21H2,1-3H3. The van der Waals surface area contributed by atoms with Crippen molar-refractivity contribution in [3.8, 4) is 0 Å². The van der Waals surface area contributed by atoms with Crippen molar-refractivity contribution >= 4 is 32.2 Å². The van der Waals surface area contributed by atoms with Crippen molar-refractivity contribution in [1.82, 2.24) is 0 Å². The first-order valence-electron chi connectivity index (χ1n) is 8.37. The van der Waals surface area contributed by atoms with Gasteiger partial charge in [0.05, 0.1) is 4.90 Å². The molecular weight excluding hydrogens is 346 g/mol. The topological polar surface area (TPSA) is 75.4 Å². The van der Waals surface area contributed by atoms with Gasteiger partial charge in [-0.05, 0) is 36.8 Å². The van der Waals surface area contributed by atoms with Gasteiger partial charge in [0.1, 0.15) is 0 Å². The third kappa shape index (κ3) is 3.52. The van der Waals surface area contributed by atoms with Gasteiger partial charge in [-0.15, -0.1) is 0 Å². The smallest absolute Gasteiger partial charge is 0.262 e. The van der Waals surface area contributed by atoms with E-state index in [9.17, 15) is 8.42 Å². The molecule has 0 aliphatic carbocycles. The molecule has 0 aliphatic heterocycles. The van der Waals surface area contributed by atoms with Crippen LogP contribution in [0.5, 0.6) is 0 Å². The Labute approximate surface area is 154 Å². The number of hydrogen-bond donors (Lipinski definition) is 2. The molecule has 0 saturated heterocycles. The van der Waals surface area contributed by atoms with Crippen LogP contribution in [0.1, 0.15) is 18.5 Å². The van der Waals surface area contributed by atoms with Gasteiger partial charge in [-0.3, -0.25) is 4.72 Å². The highest BCUT2D eigenvalue weighted by molar-refractivity contribution is 7.93. The van der Waals surface area contributed by atoms with Crippen LogP contribution in [0, 0.1) is 0 Å². The highest BCUT2D eigenvalue weighted by atomic mass is 32.2. The second-order valence-corrected chi connectivity index (χ2v) is 8.19. The van der Waals surface area contributed by atoms with Crippen molar-refractivity contribution in [1.29, 1.82) is 0 Å². The molecule has 0 fully saturated rings. The van der Waals surface area contributed by atoms with Crippen LogP contribution in [0.4, 0.5) is 11.4 Å². The molecule has 0 amide bonds. The lowest BCUT2D eigenvalue weighted by molar-refractivity contribution is 0.602. The molecule has 5 nitrogen and oxygen atoms in total. The Bertz CT molecular complexity index is 1030. The fourth-order valence-electron chi connectivity index (χ4n) is 2.95. The van der Waals surface area contributed by atoms with Gasteiger partial charge in [-0.2, -0.15) is 0 Å². The van der Waals surface area contributed by atoms with Crippen molar-refractivity contribution in [3.63, 3.8) is 0 Å². The minimum atomic E-state index is -3.72. The first kappa shape index (κ1) is 18.2. The average Bonchev–Trinajstić information content (AvgIpc) is 2.60. The van der Waals surface area contributed by atoms with Gasteiger partial charge in [0, 0.05) is 42.3 Å². The molecule has 0 aliphatic rings. The van der Waals surface area contributed by atoms with E-state index in [1.54, 1.807) is 24.3 Å². The van der Waals surface area contributed by atoms with E-state index in [1.807, 2.05) is 62.3 Å². The molecule has 3 N–H and O–H groups in total. The molecular formula is C20H23N3O2S. The SMILES string of the molecule is CC(N)c1ccc(NS(=O)(=O)c2cccc3c(N(C)C)cccc23)cc1. The molecule has 1 unspecified atom stereocenters. The number of anilines is 2. The summed E-state index contributed by atoms with van der Waals surface area (Å²) in [6.07, 6.45) is 0. The number of nitrogens with one attached hydrogen (secondary N) is 1. The van der Waals surface area contributed by atoms with Crippen molar-refractivity contribution in [2.75, 3.05) is 23.7 Å². The third-order valence-corrected chi connectivity index (χ3v) is 5.76. The first-order valence-corrected chi connectivity index (χ1v) is 9.85. The summed E-state index contributed by atoms with van der Waals surface area (Å²) >= 11 is 0. The molecule has 3 rings (SSSR count). The largest absolute Gasteiger partial charge is 0.377 e. The number of rotatable bonds is 5. The van der Waals surface area contributed by atoms with Crippen LogP contribution in [0.2, 0.25) is 0 Å². The van der Waals surface area contributed by atoms with Crippen molar-refractivity contribution < 1.29 is 8.42 Å². The lowest BCUT2D eigenvalue weighted by atomic mass is 10.1. The monoisotopic (exact) mass is 369 g/mol. The maximum atomic E-state index is 13.0. The van der Waals surface area contributed by atoms with E-state index in [4.69, 9.17) is 5.73 Å². The maximum absolute atomic E-state index is 13.0. The zero-order chi connectivity index (χ0) is 18.9. The predicted octanol–water partition coefficient (Wildman–Crippen LogP) is 3.73. The van der Waals surface area contributed by atoms with E-state index in [2.05, 4.69) is 4.72 Å². The molecule has 0 radical (unpaired) electrons. The molecule has 3 aromatic carbocycles. The second-order valence-electron chi connectivity index (χ2n) is 6.54. The molecule has 6 heteroatoms. The lowest BCUT2D eigenvalue weighted by Crippen LogP contribution is -2.14. The van der Waals surface area contributed by atoms with Gasteiger partial charge in [0.2, 0.25) is 0 Å². The van der Waals surface area contributed by atoms with Crippen LogP contribution in [0.25, 0.3) is 10.8 Å². The number of benzene rings is 3. The van der Waals surface area contributed by atoms with Crippen LogP contribution < -0.4 is 15.4 Å². The number of nitrogens with zero attached hydrogens (tertiary/aromatic N) is 1. The van der Waals surface area contributed by atoms with E-state index >= 15 is 0 Å². The Balaban J connectivity index is 2.03. The van der Waals surface area contributed by atoms with Gasteiger partial charge in [0.25, 0.3) is 10.0 Å². The van der Waals surface area contributed by atoms with E-state index in [-0.39, 0.29) is 10.9 Å². The van der Waals surface area contributed by atoms with Crippen LogP contribution in [0.15, 0.2) is 65.6 Å². The zero-order valence-corrected chi connectivity index (χ0v) is 15.9. The lowest BCUT2D eigenvalue weighted by Gasteiger charge is -2.17. The Morgan fingerprint density at radius 1 is 0.923 bits per heavy atom. The van der Waals surface area contributed by atoms with E-state index in [0.717, 1.165) is 16.6 Å². The summed E-state index contributed by atoms with van der Waals surface area (Å²) in [6.45, 7) is 1.89.